The first-order valence-electron chi connectivity index (χ1n) is 3.69. The van der Waals surface area contributed by atoms with Crippen molar-refractivity contribution >= 4 is 34.8 Å². The van der Waals surface area contributed by atoms with Crippen molar-refractivity contribution in [2.75, 3.05) is 6.61 Å². The fourth-order valence-corrected chi connectivity index (χ4v) is 2.31. The van der Waals surface area contributed by atoms with Crippen LogP contribution in [0.15, 0.2) is 6.07 Å². The molecule has 1 aliphatic rings. The molecule has 1 aromatic rings. The van der Waals surface area contributed by atoms with Crippen LogP contribution in [0.5, 0.6) is 0 Å². The third-order valence-corrected chi connectivity index (χ3v) is 2.77. The van der Waals surface area contributed by atoms with Gasteiger partial charge in [-0.3, -0.25) is 0 Å². The number of hydrogen-bond acceptors (Lipinski definition) is 2. The monoisotopic (exact) mass is 237 g/mol. The molecule has 1 aromatic heterocycles. The third-order valence-electron chi connectivity index (χ3n) is 2.00. The van der Waals surface area contributed by atoms with Gasteiger partial charge in [0.15, 0.2) is 0 Å². The zero-order valence-electron chi connectivity index (χ0n) is 6.77. The second-order valence-electron chi connectivity index (χ2n) is 3.11. The van der Waals surface area contributed by atoms with Crippen molar-refractivity contribution in [1.29, 1.82) is 0 Å². The number of aromatic nitrogens is 1. The molecule has 0 amide bonds. The summed E-state index contributed by atoms with van der Waals surface area (Å²) in [6.07, 6.45) is 0. The minimum absolute atomic E-state index is 0.294. The lowest BCUT2D eigenvalue weighted by atomic mass is 10.0. The molecule has 2 rings (SSSR count). The largest absolute Gasteiger partial charge is 0.365 e. The van der Waals surface area contributed by atoms with E-state index in [2.05, 4.69) is 4.98 Å². The second-order valence-corrected chi connectivity index (χ2v) is 4.26. The molecule has 13 heavy (non-hydrogen) atoms. The molecule has 5 heteroatoms. The van der Waals surface area contributed by atoms with Gasteiger partial charge in [0.2, 0.25) is 0 Å². The molecule has 2 nitrogen and oxygen atoms in total. The summed E-state index contributed by atoms with van der Waals surface area (Å²) in [6.45, 7) is 2.53. The minimum atomic E-state index is -0.369. The molecular formula is C8H6Cl3NO. The molecule has 70 valence electrons. The molecule has 1 unspecified atom stereocenters. The number of epoxide rings is 1. The highest BCUT2D eigenvalue weighted by Crippen LogP contribution is 2.44. The van der Waals surface area contributed by atoms with Gasteiger partial charge in [0.05, 0.1) is 11.6 Å². The standard InChI is InChI=1S/C8H6Cl3NO/c1-8(3-13-8)6-4(9)2-5(10)12-7(6)11/h2H,3H2,1H3. The molecule has 0 aromatic carbocycles. The summed E-state index contributed by atoms with van der Waals surface area (Å²) in [7, 11) is 0. The predicted molar refractivity (Wildman–Crippen MR) is 52.6 cm³/mol. The van der Waals surface area contributed by atoms with Gasteiger partial charge in [-0.05, 0) is 13.0 Å². The first-order chi connectivity index (χ1) is 6.03. The van der Waals surface area contributed by atoms with Crippen LogP contribution >= 0.6 is 34.8 Å². The average molecular weight is 239 g/mol. The lowest BCUT2D eigenvalue weighted by Gasteiger charge is -2.09. The molecule has 0 aliphatic carbocycles. The van der Waals surface area contributed by atoms with Gasteiger partial charge in [-0.1, -0.05) is 34.8 Å². The normalized spacial score (nSPS) is 26.2. The van der Waals surface area contributed by atoms with Crippen LogP contribution in [0, 0.1) is 0 Å². The first kappa shape index (κ1) is 9.53. The smallest absolute Gasteiger partial charge is 0.138 e. The van der Waals surface area contributed by atoms with E-state index in [0.29, 0.717) is 21.9 Å². The van der Waals surface area contributed by atoms with Crippen LogP contribution in [0.2, 0.25) is 15.3 Å². The fourth-order valence-electron chi connectivity index (χ4n) is 1.18. The van der Waals surface area contributed by atoms with Crippen LogP contribution in [0.1, 0.15) is 12.5 Å². The topological polar surface area (TPSA) is 25.4 Å². The molecule has 1 atom stereocenters. The highest BCUT2D eigenvalue weighted by Gasteiger charge is 2.45. The van der Waals surface area contributed by atoms with E-state index < -0.39 is 0 Å². The Morgan fingerprint density at radius 1 is 1.46 bits per heavy atom. The number of hydrogen-bond donors (Lipinski definition) is 0. The second kappa shape index (κ2) is 2.99. The van der Waals surface area contributed by atoms with E-state index in [1.165, 1.54) is 0 Å². The minimum Gasteiger partial charge on any atom is -0.365 e. The maximum Gasteiger partial charge on any atom is 0.138 e. The van der Waals surface area contributed by atoms with E-state index in [1.807, 2.05) is 6.92 Å². The van der Waals surface area contributed by atoms with Gasteiger partial charge in [0, 0.05) is 5.56 Å². The van der Waals surface area contributed by atoms with Crippen LogP contribution in [0.4, 0.5) is 0 Å². The van der Waals surface area contributed by atoms with Gasteiger partial charge >= 0.3 is 0 Å². The van der Waals surface area contributed by atoms with E-state index in [0.717, 1.165) is 5.56 Å². The molecule has 1 aliphatic heterocycles. The van der Waals surface area contributed by atoms with Crippen LogP contribution in [-0.4, -0.2) is 11.6 Å². The molecule has 0 saturated carbocycles. The van der Waals surface area contributed by atoms with Gasteiger partial charge in [0.25, 0.3) is 0 Å². The fraction of sp³-hybridized carbons (Fsp3) is 0.375. The van der Waals surface area contributed by atoms with Crippen LogP contribution in [0.25, 0.3) is 0 Å². The lowest BCUT2D eigenvalue weighted by Crippen LogP contribution is -2.05. The maximum absolute atomic E-state index is 5.97. The van der Waals surface area contributed by atoms with E-state index in [9.17, 15) is 0 Å². The van der Waals surface area contributed by atoms with Crippen molar-refractivity contribution in [2.24, 2.45) is 0 Å². The molecule has 1 fully saturated rings. The van der Waals surface area contributed by atoms with Crippen molar-refractivity contribution in [1.82, 2.24) is 4.98 Å². The van der Waals surface area contributed by atoms with Crippen molar-refractivity contribution in [3.05, 3.63) is 27.0 Å². The maximum atomic E-state index is 5.97. The Morgan fingerprint density at radius 3 is 2.54 bits per heavy atom. The van der Waals surface area contributed by atoms with E-state index in [-0.39, 0.29) is 5.60 Å². The number of ether oxygens (including phenoxy) is 1. The summed E-state index contributed by atoms with van der Waals surface area (Å²) in [5, 5.41) is 1.12. The summed E-state index contributed by atoms with van der Waals surface area (Å²) < 4.78 is 5.23. The van der Waals surface area contributed by atoms with Crippen molar-refractivity contribution in [2.45, 2.75) is 12.5 Å². The van der Waals surface area contributed by atoms with Gasteiger partial charge < -0.3 is 4.74 Å². The number of nitrogens with zero attached hydrogens (tertiary/aromatic N) is 1. The Labute approximate surface area is 90.8 Å². The van der Waals surface area contributed by atoms with Crippen molar-refractivity contribution < 1.29 is 4.74 Å². The Bertz CT molecular complexity index is 339. The van der Waals surface area contributed by atoms with Crippen LogP contribution < -0.4 is 0 Å². The molecule has 0 radical (unpaired) electrons. The lowest BCUT2D eigenvalue weighted by molar-refractivity contribution is 0.329. The summed E-state index contributed by atoms with van der Waals surface area (Å²) in [5.74, 6) is 0. The Morgan fingerprint density at radius 2 is 2.08 bits per heavy atom. The van der Waals surface area contributed by atoms with E-state index in [4.69, 9.17) is 39.5 Å². The quantitative estimate of drug-likeness (QED) is 0.554. The zero-order chi connectivity index (χ0) is 9.64. The van der Waals surface area contributed by atoms with Gasteiger partial charge in [-0.15, -0.1) is 0 Å². The van der Waals surface area contributed by atoms with Gasteiger partial charge in [-0.25, -0.2) is 4.98 Å². The number of halogens is 3. The number of pyridine rings is 1. The molecule has 0 N–H and O–H groups in total. The molecular weight excluding hydrogens is 232 g/mol. The Hall–Kier alpha value is -0.0200. The summed E-state index contributed by atoms with van der Waals surface area (Å²) in [4.78, 5) is 3.91. The predicted octanol–water partition coefficient (Wildman–Crippen LogP) is 3.29. The van der Waals surface area contributed by atoms with Crippen LogP contribution in [0.3, 0.4) is 0 Å². The molecule has 0 bridgehead atoms. The highest BCUT2D eigenvalue weighted by molar-refractivity contribution is 6.38. The SMILES string of the molecule is CC1(c2c(Cl)cc(Cl)nc2Cl)CO1. The van der Waals surface area contributed by atoms with Gasteiger partial charge in [-0.2, -0.15) is 0 Å². The average Bonchev–Trinajstić information content (AvgIpc) is 2.65. The highest BCUT2D eigenvalue weighted by atomic mass is 35.5. The van der Waals surface area contributed by atoms with E-state index in [1.54, 1.807) is 6.07 Å². The summed E-state index contributed by atoms with van der Waals surface area (Å²) >= 11 is 17.5. The summed E-state index contributed by atoms with van der Waals surface area (Å²) in [6, 6.07) is 1.57. The first-order valence-corrected chi connectivity index (χ1v) is 4.82. The van der Waals surface area contributed by atoms with Crippen molar-refractivity contribution in [3.8, 4) is 0 Å². The van der Waals surface area contributed by atoms with Crippen LogP contribution in [-0.2, 0) is 10.3 Å². The zero-order valence-corrected chi connectivity index (χ0v) is 9.04. The Kier molecular flexibility index (Phi) is 2.19. The molecule has 2 heterocycles. The third kappa shape index (κ3) is 1.64. The van der Waals surface area contributed by atoms with E-state index >= 15 is 0 Å². The molecule has 1 saturated heterocycles. The summed E-state index contributed by atoms with van der Waals surface area (Å²) in [5.41, 5.74) is 0.353. The Balaban J connectivity index is 2.57. The van der Waals surface area contributed by atoms with Gasteiger partial charge in [0.1, 0.15) is 15.9 Å². The van der Waals surface area contributed by atoms with Crippen molar-refractivity contribution in [3.63, 3.8) is 0 Å². The molecule has 0 spiro atoms. The number of rotatable bonds is 1.